The van der Waals surface area contributed by atoms with Gasteiger partial charge in [0.15, 0.2) is 15.0 Å². The van der Waals surface area contributed by atoms with Gasteiger partial charge in [-0.1, -0.05) is 6.92 Å². The summed E-state index contributed by atoms with van der Waals surface area (Å²) in [6.45, 7) is 4.50. The number of rotatable bonds is 5. The van der Waals surface area contributed by atoms with E-state index in [9.17, 15) is 8.42 Å². The number of aromatic nitrogens is 1. The lowest BCUT2D eigenvalue weighted by Gasteiger charge is -2.34. The van der Waals surface area contributed by atoms with Crippen molar-refractivity contribution in [2.24, 2.45) is 0 Å². The highest BCUT2D eigenvalue weighted by atomic mass is 32.2. The molecule has 1 aromatic rings. The van der Waals surface area contributed by atoms with Gasteiger partial charge in [0.25, 0.3) is 0 Å². The standard InChI is InChI=1S/C12H21N3O2S3/c1-4-20(16,17)11-8-18-6-5-15(11)12-14-10(7-19-12)9(2)13-3/h7,9,11,13H,4-6,8H2,1-3H3. The van der Waals surface area contributed by atoms with E-state index in [1.165, 1.54) is 11.3 Å². The van der Waals surface area contributed by atoms with Crippen molar-refractivity contribution in [3.05, 3.63) is 11.1 Å². The molecule has 0 bridgehead atoms. The molecule has 2 unspecified atom stereocenters. The third-order valence-electron chi connectivity index (χ3n) is 3.53. The van der Waals surface area contributed by atoms with Gasteiger partial charge in [-0.3, -0.25) is 0 Å². The Bertz CT molecular complexity index is 544. The van der Waals surface area contributed by atoms with Gasteiger partial charge in [-0.25, -0.2) is 13.4 Å². The zero-order chi connectivity index (χ0) is 14.8. The Morgan fingerprint density at radius 2 is 2.35 bits per heavy atom. The lowest BCUT2D eigenvalue weighted by atomic mass is 10.3. The van der Waals surface area contributed by atoms with Crippen LogP contribution < -0.4 is 10.2 Å². The fraction of sp³-hybridized carbons (Fsp3) is 0.750. The minimum atomic E-state index is -3.08. The van der Waals surface area contributed by atoms with E-state index in [1.807, 2.05) is 24.3 Å². The first-order valence-electron chi connectivity index (χ1n) is 6.68. The summed E-state index contributed by atoms with van der Waals surface area (Å²) in [6.07, 6.45) is 0. The summed E-state index contributed by atoms with van der Waals surface area (Å²) in [5, 5.41) is 5.55. The van der Waals surface area contributed by atoms with Gasteiger partial charge in [0.1, 0.15) is 5.37 Å². The maximum Gasteiger partial charge on any atom is 0.186 e. The molecule has 0 radical (unpaired) electrons. The van der Waals surface area contributed by atoms with Crippen molar-refractivity contribution in [1.82, 2.24) is 10.3 Å². The van der Waals surface area contributed by atoms with Crippen LogP contribution in [-0.4, -0.2) is 49.6 Å². The molecular formula is C12H21N3O2S3. The number of sulfone groups is 1. The first kappa shape index (κ1) is 16.1. The van der Waals surface area contributed by atoms with E-state index >= 15 is 0 Å². The lowest BCUT2D eigenvalue weighted by Crippen LogP contribution is -2.48. The summed E-state index contributed by atoms with van der Waals surface area (Å²) < 4.78 is 24.5. The minimum absolute atomic E-state index is 0.180. The van der Waals surface area contributed by atoms with E-state index in [0.717, 1.165) is 23.1 Å². The van der Waals surface area contributed by atoms with Gasteiger partial charge in [0.05, 0.1) is 5.69 Å². The van der Waals surface area contributed by atoms with Crippen LogP contribution in [0.4, 0.5) is 5.13 Å². The number of nitrogens with one attached hydrogen (secondary N) is 1. The topological polar surface area (TPSA) is 62.3 Å². The monoisotopic (exact) mass is 335 g/mol. The van der Waals surface area contributed by atoms with Gasteiger partial charge < -0.3 is 10.2 Å². The predicted molar refractivity (Wildman–Crippen MR) is 87.5 cm³/mol. The summed E-state index contributed by atoms with van der Waals surface area (Å²) in [4.78, 5) is 6.58. The molecule has 2 rings (SSSR count). The molecule has 0 aromatic carbocycles. The van der Waals surface area contributed by atoms with E-state index in [-0.39, 0.29) is 11.8 Å². The maximum absolute atomic E-state index is 12.2. The summed E-state index contributed by atoms with van der Waals surface area (Å²) in [7, 11) is -1.18. The largest absolute Gasteiger partial charge is 0.329 e. The van der Waals surface area contributed by atoms with E-state index < -0.39 is 15.2 Å². The molecule has 0 saturated carbocycles. The van der Waals surface area contributed by atoms with Crippen LogP contribution in [0, 0.1) is 0 Å². The molecule has 0 spiro atoms. The third kappa shape index (κ3) is 3.29. The van der Waals surface area contributed by atoms with E-state index in [1.54, 1.807) is 18.7 Å². The van der Waals surface area contributed by atoms with Crippen LogP contribution in [0.1, 0.15) is 25.6 Å². The molecule has 1 fully saturated rings. The van der Waals surface area contributed by atoms with Gasteiger partial charge in [0.2, 0.25) is 0 Å². The molecule has 0 aliphatic carbocycles. The van der Waals surface area contributed by atoms with Crippen LogP contribution >= 0.6 is 23.1 Å². The summed E-state index contributed by atoms with van der Waals surface area (Å²) in [5.41, 5.74) is 0.971. The molecule has 0 amide bonds. The van der Waals surface area contributed by atoms with Crippen LogP contribution in [0.15, 0.2) is 5.38 Å². The highest BCUT2D eigenvalue weighted by Gasteiger charge is 2.34. The quantitative estimate of drug-likeness (QED) is 0.884. The molecule has 1 aliphatic rings. The van der Waals surface area contributed by atoms with Crippen LogP contribution in [0.5, 0.6) is 0 Å². The van der Waals surface area contributed by atoms with Gasteiger partial charge >= 0.3 is 0 Å². The number of hydrogen-bond donors (Lipinski definition) is 1. The Balaban J connectivity index is 2.26. The van der Waals surface area contributed by atoms with Crippen molar-refractivity contribution in [1.29, 1.82) is 0 Å². The van der Waals surface area contributed by atoms with Crippen LogP contribution in [0.25, 0.3) is 0 Å². The molecule has 5 nitrogen and oxygen atoms in total. The molecule has 114 valence electrons. The van der Waals surface area contributed by atoms with Crippen molar-refractivity contribution >= 4 is 38.1 Å². The second-order valence-corrected chi connectivity index (χ2v) is 9.17. The van der Waals surface area contributed by atoms with E-state index in [4.69, 9.17) is 0 Å². The summed E-state index contributed by atoms with van der Waals surface area (Å²) >= 11 is 3.24. The minimum Gasteiger partial charge on any atom is -0.329 e. The second kappa shape index (κ2) is 6.64. The maximum atomic E-state index is 12.2. The number of thiazole rings is 1. The van der Waals surface area contributed by atoms with Crippen LogP contribution in [0.2, 0.25) is 0 Å². The van der Waals surface area contributed by atoms with Crippen LogP contribution in [-0.2, 0) is 9.84 Å². The van der Waals surface area contributed by atoms with Gasteiger partial charge in [-0.05, 0) is 14.0 Å². The fourth-order valence-electron chi connectivity index (χ4n) is 2.04. The first-order chi connectivity index (χ1) is 9.49. The van der Waals surface area contributed by atoms with E-state index in [0.29, 0.717) is 5.75 Å². The van der Waals surface area contributed by atoms with E-state index in [2.05, 4.69) is 10.3 Å². The zero-order valence-electron chi connectivity index (χ0n) is 12.0. The van der Waals surface area contributed by atoms with Crippen LogP contribution in [0.3, 0.4) is 0 Å². The van der Waals surface area contributed by atoms with Gasteiger partial charge in [-0.15, -0.1) is 11.3 Å². The van der Waals surface area contributed by atoms with Crippen molar-refractivity contribution in [3.8, 4) is 0 Å². The number of thioether (sulfide) groups is 1. The van der Waals surface area contributed by atoms with Crippen molar-refractivity contribution < 1.29 is 8.42 Å². The average Bonchev–Trinajstić information content (AvgIpc) is 2.96. The molecule has 1 saturated heterocycles. The Labute approximate surface area is 129 Å². The Morgan fingerprint density at radius 1 is 1.60 bits per heavy atom. The SMILES string of the molecule is CCS(=O)(=O)C1CSCCN1c1nc(C(C)NC)cs1. The first-order valence-corrected chi connectivity index (χ1v) is 10.4. The Hall–Kier alpha value is -0.310. The number of anilines is 1. The highest BCUT2D eigenvalue weighted by Crippen LogP contribution is 2.31. The molecule has 2 atom stereocenters. The molecule has 1 aliphatic heterocycles. The molecular weight excluding hydrogens is 314 g/mol. The fourth-order valence-corrected chi connectivity index (χ4v) is 6.08. The molecule has 8 heteroatoms. The summed E-state index contributed by atoms with van der Waals surface area (Å²) in [5.74, 6) is 1.76. The second-order valence-electron chi connectivity index (χ2n) is 4.74. The van der Waals surface area contributed by atoms with Gasteiger partial charge in [-0.2, -0.15) is 11.8 Å². The molecule has 20 heavy (non-hydrogen) atoms. The molecule has 2 heterocycles. The number of nitrogens with zero attached hydrogens (tertiary/aromatic N) is 2. The zero-order valence-corrected chi connectivity index (χ0v) is 14.4. The normalized spacial score (nSPS) is 21.9. The lowest BCUT2D eigenvalue weighted by molar-refractivity contribution is 0.579. The number of hydrogen-bond acceptors (Lipinski definition) is 7. The smallest absolute Gasteiger partial charge is 0.186 e. The molecule has 1 aromatic heterocycles. The Morgan fingerprint density at radius 3 is 3.00 bits per heavy atom. The van der Waals surface area contributed by atoms with Crippen molar-refractivity contribution in [3.63, 3.8) is 0 Å². The predicted octanol–water partition coefficient (Wildman–Crippen LogP) is 1.74. The van der Waals surface area contributed by atoms with Crippen molar-refractivity contribution in [2.75, 3.05) is 35.8 Å². The molecule has 1 N–H and O–H groups in total. The summed E-state index contributed by atoms with van der Waals surface area (Å²) in [6, 6.07) is 0.181. The van der Waals surface area contributed by atoms with Crippen molar-refractivity contribution in [2.45, 2.75) is 25.3 Å². The average molecular weight is 336 g/mol. The highest BCUT2D eigenvalue weighted by molar-refractivity contribution is 8.01. The van der Waals surface area contributed by atoms with Gasteiger partial charge in [0, 0.05) is 35.2 Å². The third-order valence-corrected chi connectivity index (χ3v) is 7.72. The Kier molecular flexibility index (Phi) is 5.33.